The van der Waals surface area contributed by atoms with Crippen LogP contribution in [0.1, 0.15) is 30.9 Å². The molecule has 2 aliphatic rings. The van der Waals surface area contributed by atoms with Crippen molar-refractivity contribution < 1.29 is 14.4 Å². The van der Waals surface area contributed by atoms with E-state index in [1.165, 1.54) is 0 Å². The summed E-state index contributed by atoms with van der Waals surface area (Å²) < 4.78 is 0.950. The van der Waals surface area contributed by atoms with Crippen LogP contribution >= 0.6 is 15.9 Å². The maximum Gasteiger partial charge on any atom is 0.325 e. The molecule has 1 aliphatic heterocycles. The predicted octanol–water partition coefficient (Wildman–Crippen LogP) is 3.41. The Morgan fingerprint density at radius 1 is 1.17 bits per heavy atom. The van der Waals surface area contributed by atoms with Crippen molar-refractivity contribution >= 4 is 33.8 Å². The molecule has 1 saturated heterocycles. The normalized spacial score (nSPS) is 21.2. The van der Waals surface area contributed by atoms with Gasteiger partial charge >= 0.3 is 6.03 Å². The fourth-order valence-corrected chi connectivity index (χ4v) is 4.12. The van der Waals surface area contributed by atoms with Gasteiger partial charge in [-0.15, -0.1) is 0 Å². The average molecular weight is 456 g/mol. The van der Waals surface area contributed by atoms with E-state index in [9.17, 15) is 14.4 Å². The summed E-state index contributed by atoms with van der Waals surface area (Å²) in [7, 11) is 0. The molecule has 1 saturated carbocycles. The van der Waals surface area contributed by atoms with Crippen LogP contribution in [0.15, 0.2) is 59.1 Å². The van der Waals surface area contributed by atoms with E-state index in [4.69, 9.17) is 0 Å². The summed E-state index contributed by atoms with van der Waals surface area (Å²) in [5.74, 6) is -0.617. The maximum absolute atomic E-state index is 13.1. The lowest BCUT2D eigenvalue weighted by atomic mass is 9.92. The van der Waals surface area contributed by atoms with Crippen LogP contribution in [0.2, 0.25) is 0 Å². The molecule has 4 amide bonds. The molecule has 0 radical (unpaired) electrons. The van der Waals surface area contributed by atoms with E-state index in [1.807, 2.05) is 42.5 Å². The third-order valence-electron chi connectivity index (χ3n) is 5.47. The Balaban J connectivity index is 1.51. The number of hydrogen-bond donors (Lipinski definition) is 1. The molecular formula is C22H22BrN3O3. The maximum atomic E-state index is 13.1. The molecule has 0 aromatic heterocycles. The number of benzene rings is 2. The van der Waals surface area contributed by atoms with Crippen LogP contribution in [0, 0.1) is 0 Å². The second-order valence-electron chi connectivity index (χ2n) is 7.70. The Morgan fingerprint density at radius 2 is 1.90 bits per heavy atom. The van der Waals surface area contributed by atoms with Crippen LogP contribution in [0.3, 0.4) is 0 Å². The molecule has 2 aromatic carbocycles. The van der Waals surface area contributed by atoms with Crippen molar-refractivity contribution in [2.75, 3.05) is 6.54 Å². The molecule has 0 spiro atoms. The third kappa shape index (κ3) is 3.92. The molecule has 0 bridgehead atoms. The monoisotopic (exact) mass is 455 g/mol. The Labute approximate surface area is 178 Å². The topological polar surface area (TPSA) is 69.7 Å². The molecule has 1 aliphatic carbocycles. The number of halogens is 1. The van der Waals surface area contributed by atoms with Crippen LogP contribution in [0.4, 0.5) is 4.79 Å². The first-order valence-electron chi connectivity index (χ1n) is 9.62. The highest BCUT2D eigenvalue weighted by Crippen LogP contribution is 2.31. The smallest absolute Gasteiger partial charge is 0.325 e. The van der Waals surface area contributed by atoms with Gasteiger partial charge in [-0.2, -0.15) is 0 Å². The Kier molecular flexibility index (Phi) is 5.17. The van der Waals surface area contributed by atoms with Gasteiger partial charge in [0, 0.05) is 17.1 Å². The molecule has 6 nitrogen and oxygen atoms in total. The third-order valence-corrected chi connectivity index (χ3v) is 5.96. The number of nitrogens with zero attached hydrogens (tertiary/aromatic N) is 2. The standard InChI is InChI=1S/C22H22BrN3O3/c1-22(16-7-3-2-4-8-16)20(28)26(21(29)24-22)14-19(27)25(18-10-11-18)13-15-6-5-9-17(23)12-15/h2-9,12,18H,10-11,13-14H2,1H3,(H,24,29). The number of hydrogen-bond acceptors (Lipinski definition) is 3. The number of carbonyl (C=O) groups is 3. The lowest BCUT2D eigenvalue weighted by Crippen LogP contribution is -2.45. The minimum Gasteiger partial charge on any atom is -0.334 e. The molecule has 1 heterocycles. The SMILES string of the molecule is CC1(c2ccccc2)NC(=O)N(CC(=O)N(Cc2cccc(Br)c2)C2CC2)C1=O. The van der Waals surface area contributed by atoms with Gasteiger partial charge in [0.2, 0.25) is 5.91 Å². The first kappa shape index (κ1) is 19.6. The molecule has 4 rings (SSSR count). The van der Waals surface area contributed by atoms with Crippen LogP contribution in [0.5, 0.6) is 0 Å². The number of carbonyl (C=O) groups excluding carboxylic acids is 3. The van der Waals surface area contributed by atoms with Crippen molar-refractivity contribution in [1.29, 1.82) is 0 Å². The molecular weight excluding hydrogens is 434 g/mol. The summed E-state index contributed by atoms with van der Waals surface area (Å²) in [6.07, 6.45) is 1.89. The van der Waals surface area contributed by atoms with Crippen LogP contribution in [-0.4, -0.2) is 40.2 Å². The van der Waals surface area contributed by atoms with Gasteiger partial charge in [-0.1, -0.05) is 58.4 Å². The quantitative estimate of drug-likeness (QED) is 0.678. The largest absolute Gasteiger partial charge is 0.334 e. The molecule has 1 unspecified atom stereocenters. The zero-order chi connectivity index (χ0) is 20.6. The molecule has 1 N–H and O–H groups in total. The minimum atomic E-state index is -1.16. The average Bonchev–Trinajstić information content (AvgIpc) is 3.52. The van der Waals surface area contributed by atoms with Gasteiger partial charge < -0.3 is 10.2 Å². The van der Waals surface area contributed by atoms with Gasteiger partial charge in [0.05, 0.1) is 0 Å². The van der Waals surface area contributed by atoms with E-state index in [0.29, 0.717) is 12.1 Å². The predicted molar refractivity (Wildman–Crippen MR) is 112 cm³/mol. The molecule has 150 valence electrons. The van der Waals surface area contributed by atoms with E-state index in [1.54, 1.807) is 24.0 Å². The molecule has 2 aromatic rings. The Morgan fingerprint density at radius 3 is 2.55 bits per heavy atom. The summed E-state index contributed by atoms with van der Waals surface area (Å²) in [6.45, 7) is 1.88. The molecule has 7 heteroatoms. The number of urea groups is 1. The number of amides is 4. The van der Waals surface area contributed by atoms with Crippen molar-refractivity contribution in [3.05, 3.63) is 70.2 Å². The summed E-state index contributed by atoms with van der Waals surface area (Å²) in [6, 6.07) is 16.5. The van der Waals surface area contributed by atoms with Crippen molar-refractivity contribution in [2.24, 2.45) is 0 Å². The van der Waals surface area contributed by atoms with E-state index < -0.39 is 17.5 Å². The van der Waals surface area contributed by atoms with Gasteiger partial charge in [0.15, 0.2) is 0 Å². The van der Waals surface area contributed by atoms with Crippen molar-refractivity contribution in [3.63, 3.8) is 0 Å². The van der Waals surface area contributed by atoms with Gasteiger partial charge in [0.25, 0.3) is 5.91 Å². The highest BCUT2D eigenvalue weighted by molar-refractivity contribution is 9.10. The second kappa shape index (κ2) is 7.63. The first-order chi connectivity index (χ1) is 13.9. The van der Waals surface area contributed by atoms with Gasteiger partial charge in [-0.3, -0.25) is 14.5 Å². The zero-order valence-electron chi connectivity index (χ0n) is 16.1. The summed E-state index contributed by atoms with van der Waals surface area (Å²) in [4.78, 5) is 41.4. The number of rotatable bonds is 6. The van der Waals surface area contributed by atoms with Crippen molar-refractivity contribution in [1.82, 2.24) is 15.1 Å². The van der Waals surface area contributed by atoms with Gasteiger partial charge in [0.1, 0.15) is 12.1 Å². The zero-order valence-corrected chi connectivity index (χ0v) is 17.7. The summed E-state index contributed by atoms with van der Waals surface area (Å²) >= 11 is 3.45. The van der Waals surface area contributed by atoms with Crippen molar-refractivity contribution in [2.45, 2.75) is 37.9 Å². The minimum absolute atomic E-state index is 0.169. The number of nitrogens with one attached hydrogen (secondary N) is 1. The molecule has 1 atom stereocenters. The second-order valence-corrected chi connectivity index (χ2v) is 8.61. The van der Waals surface area contributed by atoms with E-state index in [-0.39, 0.29) is 18.5 Å². The van der Waals surface area contributed by atoms with E-state index in [2.05, 4.69) is 21.2 Å². The Hall–Kier alpha value is -2.67. The highest BCUT2D eigenvalue weighted by atomic mass is 79.9. The summed E-state index contributed by atoms with van der Waals surface area (Å²) in [5, 5.41) is 2.75. The van der Waals surface area contributed by atoms with Crippen LogP contribution < -0.4 is 5.32 Å². The Bertz CT molecular complexity index is 961. The van der Waals surface area contributed by atoms with Crippen molar-refractivity contribution in [3.8, 4) is 0 Å². The van der Waals surface area contributed by atoms with Gasteiger partial charge in [-0.25, -0.2) is 4.79 Å². The van der Waals surface area contributed by atoms with Crippen LogP contribution in [-0.2, 0) is 21.7 Å². The summed E-state index contributed by atoms with van der Waals surface area (Å²) in [5.41, 5.74) is 0.542. The van der Waals surface area contributed by atoms with E-state index >= 15 is 0 Å². The fraction of sp³-hybridized carbons (Fsp3) is 0.318. The van der Waals surface area contributed by atoms with Gasteiger partial charge in [-0.05, 0) is 43.0 Å². The first-order valence-corrected chi connectivity index (χ1v) is 10.4. The fourth-order valence-electron chi connectivity index (χ4n) is 3.67. The molecule has 29 heavy (non-hydrogen) atoms. The highest BCUT2D eigenvalue weighted by Gasteiger charge is 2.50. The number of imide groups is 1. The van der Waals surface area contributed by atoms with E-state index in [0.717, 1.165) is 27.8 Å². The lowest BCUT2D eigenvalue weighted by molar-refractivity contribution is -0.139. The molecule has 2 fully saturated rings. The van der Waals surface area contributed by atoms with Crippen LogP contribution in [0.25, 0.3) is 0 Å². The lowest BCUT2D eigenvalue weighted by Gasteiger charge is -2.25.